The predicted octanol–water partition coefficient (Wildman–Crippen LogP) is 4.51. The molecule has 2 aromatic rings. The number of ether oxygens (including phenoxy) is 1. The summed E-state index contributed by atoms with van der Waals surface area (Å²) in [6.07, 6.45) is -3.64. The van der Waals surface area contributed by atoms with Crippen LogP contribution in [0.15, 0.2) is 48.5 Å². The highest BCUT2D eigenvalue weighted by atomic mass is 19.4. The summed E-state index contributed by atoms with van der Waals surface area (Å²) >= 11 is 0. The van der Waals surface area contributed by atoms with Crippen LogP contribution in [-0.2, 0) is 11.2 Å². The van der Waals surface area contributed by atoms with Crippen molar-refractivity contribution >= 4 is 11.6 Å². The van der Waals surface area contributed by atoms with Crippen LogP contribution in [0.3, 0.4) is 0 Å². The molecule has 0 saturated heterocycles. The van der Waals surface area contributed by atoms with E-state index in [2.05, 4.69) is 5.32 Å². The fraction of sp³-hybridized carbons (Fsp3) is 0.278. The van der Waals surface area contributed by atoms with E-state index in [-0.39, 0.29) is 23.8 Å². The van der Waals surface area contributed by atoms with Gasteiger partial charge in [-0.2, -0.15) is 13.2 Å². The quantitative estimate of drug-likeness (QED) is 0.842. The molecule has 0 aliphatic rings. The van der Waals surface area contributed by atoms with Crippen LogP contribution in [0.5, 0.6) is 5.75 Å². The molecule has 0 aliphatic carbocycles. The number of hydrogen-bond donors (Lipinski definition) is 1. The zero-order chi connectivity index (χ0) is 17.6. The number of hydrogen-bond acceptors (Lipinski definition) is 2. The average Bonchev–Trinajstić information content (AvgIpc) is 2.51. The van der Waals surface area contributed by atoms with E-state index in [1.807, 2.05) is 31.2 Å². The average molecular weight is 337 g/mol. The summed E-state index contributed by atoms with van der Waals surface area (Å²) in [5, 5.41) is 2.60. The SMILES string of the molecule is Cc1cccc(CCC(=O)Nc2ccccc2OCC(F)(F)F)c1. The predicted molar refractivity (Wildman–Crippen MR) is 86.1 cm³/mol. The van der Waals surface area contributed by atoms with Crippen LogP contribution in [0.4, 0.5) is 18.9 Å². The highest BCUT2D eigenvalue weighted by molar-refractivity contribution is 5.92. The number of alkyl halides is 3. The zero-order valence-corrected chi connectivity index (χ0v) is 13.2. The molecule has 0 bridgehead atoms. The normalized spacial score (nSPS) is 11.2. The summed E-state index contributed by atoms with van der Waals surface area (Å²) in [5.41, 5.74) is 2.38. The van der Waals surface area contributed by atoms with Gasteiger partial charge in [0.25, 0.3) is 0 Å². The van der Waals surface area contributed by atoms with Crippen molar-refractivity contribution in [1.82, 2.24) is 0 Å². The summed E-state index contributed by atoms with van der Waals surface area (Å²) in [6, 6.07) is 13.9. The van der Waals surface area contributed by atoms with E-state index in [0.29, 0.717) is 6.42 Å². The van der Waals surface area contributed by atoms with Gasteiger partial charge in [-0.25, -0.2) is 0 Å². The van der Waals surface area contributed by atoms with Crippen molar-refractivity contribution in [2.45, 2.75) is 25.9 Å². The van der Waals surface area contributed by atoms with Crippen LogP contribution < -0.4 is 10.1 Å². The number of nitrogens with one attached hydrogen (secondary N) is 1. The number of aryl methyl sites for hydroxylation is 2. The first-order valence-electron chi connectivity index (χ1n) is 7.47. The first kappa shape index (κ1) is 17.8. The lowest BCUT2D eigenvalue weighted by molar-refractivity contribution is -0.153. The van der Waals surface area contributed by atoms with E-state index in [4.69, 9.17) is 4.74 Å². The van der Waals surface area contributed by atoms with Crippen molar-refractivity contribution in [3.8, 4) is 5.75 Å². The second-order valence-corrected chi connectivity index (χ2v) is 5.44. The van der Waals surface area contributed by atoms with Gasteiger partial charge in [0, 0.05) is 6.42 Å². The molecule has 0 spiro atoms. The molecule has 0 heterocycles. The van der Waals surface area contributed by atoms with E-state index in [1.54, 1.807) is 12.1 Å². The van der Waals surface area contributed by atoms with Crippen molar-refractivity contribution in [2.24, 2.45) is 0 Å². The molecule has 0 saturated carbocycles. The largest absolute Gasteiger partial charge is 0.482 e. The molecule has 2 aromatic carbocycles. The first-order chi connectivity index (χ1) is 11.3. The molecule has 0 fully saturated rings. The van der Waals surface area contributed by atoms with Crippen molar-refractivity contribution in [3.05, 3.63) is 59.7 Å². The Hall–Kier alpha value is -2.50. The lowest BCUT2D eigenvalue weighted by Crippen LogP contribution is -2.20. The van der Waals surface area contributed by atoms with E-state index in [0.717, 1.165) is 11.1 Å². The van der Waals surface area contributed by atoms with Gasteiger partial charge in [-0.1, -0.05) is 42.0 Å². The molecule has 24 heavy (non-hydrogen) atoms. The van der Waals surface area contributed by atoms with Crippen LogP contribution in [-0.4, -0.2) is 18.7 Å². The molecule has 0 aromatic heterocycles. The van der Waals surface area contributed by atoms with Crippen molar-refractivity contribution in [3.63, 3.8) is 0 Å². The fourth-order valence-corrected chi connectivity index (χ4v) is 2.19. The third-order valence-electron chi connectivity index (χ3n) is 3.28. The number of rotatable bonds is 6. The number of carbonyl (C=O) groups excluding carboxylic acids is 1. The molecule has 2 rings (SSSR count). The van der Waals surface area contributed by atoms with Gasteiger partial charge in [0.1, 0.15) is 5.75 Å². The van der Waals surface area contributed by atoms with Crippen molar-refractivity contribution in [2.75, 3.05) is 11.9 Å². The molecule has 0 atom stereocenters. The van der Waals surface area contributed by atoms with E-state index >= 15 is 0 Å². The Balaban J connectivity index is 1.94. The maximum Gasteiger partial charge on any atom is 0.422 e. The minimum Gasteiger partial charge on any atom is -0.482 e. The summed E-state index contributed by atoms with van der Waals surface area (Å²) in [5.74, 6) is -0.279. The van der Waals surface area contributed by atoms with Crippen molar-refractivity contribution < 1.29 is 22.7 Å². The number of benzene rings is 2. The van der Waals surface area contributed by atoms with Crippen molar-refractivity contribution in [1.29, 1.82) is 0 Å². The van der Waals surface area contributed by atoms with E-state index in [9.17, 15) is 18.0 Å². The minimum atomic E-state index is -4.43. The first-order valence-corrected chi connectivity index (χ1v) is 7.47. The number of carbonyl (C=O) groups is 1. The Labute approximate surface area is 138 Å². The third-order valence-corrected chi connectivity index (χ3v) is 3.28. The molecule has 0 unspecified atom stereocenters. The number of anilines is 1. The van der Waals surface area contributed by atoms with Gasteiger partial charge in [-0.05, 0) is 31.0 Å². The van der Waals surface area contributed by atoms with Crippen LogP contribution in [0.2, 0.25) is 0 Å². The molecule has 0 aliphatic heterocycles. The summed E-state index contributed by atoms with van der Waals surface area (Å²) in [7, 11) is 0. The lowest BCUT2D eigenvalue weighted by atomic mass is 10.1. The minimum absolute atomic E-state index is 0.00118. The van der Waals surface area contributed by atoms with Gasteiger partial charge in [-0.15, -0.1) is 0 Å². The fourth-order valence-electron chi connectivity index (χ4n) is 2.19. The second-order valence-electron chi connectivity index (χ2n) is 5.44. The van der Waals surface area contributed by atoms with Gasteiger partial charge < -0.3 is 10.1 Å². The third kappa shape index (κ3) is 5.95. The molecular formula is C18H18F3NO2. The Morgan fingerprint density at radius 1 is 1.12 bits per heavy atom. The number of amides is 1. The maximum absolute atomic E-state index is 12.3. The summed E-state index contributed by atoms with van der Waals surface area (Å²) < 4.78 is 41.5. The van der Waals surface area contributed by atoms with Crippen LogP contribution >= 0.6 is 0 Å². The molecule has 0 radical (unpaired) electrons. The van der Waals surface area contributed by atoms with Crippen LogP contribution in [0.25, 0.3) is 0 Å². The summed E-state index contributed by atoms with van der Waals surface area (Å²) in [6.45, 7) is 0.570. The second kappa shape index (κ2) is 7.86. The molecule has 128 valence electrons. The smallest absolute Gasteiger partial charge is 0.422 e. The molecule has 1 amide bonds. The maximum atomic E-state index is 12.3. The highest BCUT2D eigenvalue weighted by Crippen LogP contribution is 2.26. The standard InChI is InChI=1S/C18H18F3NO2/c1-13-5-4-6-14(11-13)9-10-17(23)22-15-7-2-3-8-16(15)24-12-18(19,20)21/h2-8,11H,9-10,12H2,1H3,(H,22,23). The highest BCUT2D eigenvalue weighted by Gasteiger charge is 2.28. The van der Waals surface area contributed by atoms with E-state index in [1.165, 1.54) is 12.1 Å². The monoisotopic (exact) mass is 337 g/mol. The van der Waals surface area contributed by atoms with Gasteiger partial charge >= 0.3 is 6.18 Å². The van der Waals surface area contributed by atoms with Crippen LogP contribution in [0, 0.1) is 6.92 Å². The number of halogens is 3. The van der Waals surface area contributed by atoms with Gasteiger partial charge in [0.2, 0.25) is 5.91 Å². The van der Waals surface area contributed by atoms with Crippen LogP contribution in [0.1, 0.15) is 17.5 Å². The Bertz CT molecular complexity index is 699. The van der Waals surface area contributed by atoms with Gasteiger partial charge in [0.15, 0.2) is 6.61 Å². The molecule has 3 nitrogen and oxygen atoms in total. The molecular weight excluding hydrogens is 319 g/mol. The zero-order valence-electron chi connectivity index (χ0n) is 13.2. The Kier molecular flexibility index (Phi) is 5.84. The summed E-state index contributed by atoms with van der Waals surface area (Å²) in [4.78, 5) is 12.0. The number of para-hydroxylation sites is 2. The molecule has 1 N–H and O–H groups in total. The van der Waals surface area contributed by atoms with E-state index < -0.39 is 12.8 Å². The Morgan fingerprint density at radius 2 is 1.88 bits per heavy atom. The van der Waals surface area contributed by atoms with Gasteiger partial charge in [0.05, 0.1) is 5.69 Å². The Morgan fingerprint density at radius 3 is 2.58 bits per heavy atom. The lowest BCUT2D eigenvalue weighted by Gasteiger charge is -2.13. The topological polar surface area (TPSA) is 38.3 Å². The molecule has 6 heteroatoms. The van der Waals surface area contributed by atoms with Gasteiger partial charge in [-0.3, -0.25) is 4.79 Å².